The van der Waals surface area contributed by atoms with Gasteiger partial charge in [0.1, 0.15) is 0 Å². The first-order valence-electron chi connectivity index (χ1n) is 6.35. The Kier molecular flexibility index (Phi) is 7.76. The maximum Gasteiger partial charge on any atom is 0.0701 e. The van der Waals surface area contributed by atoms with Gasteiger partial charge >= 0.3 is 0 Å². The van der Waals surface area contributed by atoms with E-state index in [9.17, 15) is 0 Å². The number of aliphatic hydroxyl groups excluding tert-OH is 1. The highest BCUT2D eigenvalue weighted by molar-refractivity contribution is 4.75. The summed E-state index contributed by atoms with van der Waals surface area (Å²) in [5, 5.41) is 8.51. The van der Waals surface area contributed by atoms with E-state index in [2.05, 4.69) is 0 Å². The number of hydrogen-bond donors (Lipinski definition) is 2. The molecule has 1 saturated carbocycles. The lowest BCUT2D eigenvalue weighted by molar-refractivity contribution is 0.00878. The van der Waals surface area contributed by atoms with Crippen LogP contribution in [0.25, 0.3) is 0 Å². The van der Waals surface area contributed by atoms with Gasteiger partial charge in [0.05, 0.1) is 26.4 Å². The van der Waals surface area contributed by atoms with Crippen LogP contribution in [-0.4, -0.2) is 44.7 Å². The predicted octanol–water partition coefficient (Wildman–Crippen LogP) is 0.777. The van der Waals surface area contributed by atoms with Gasteiger partial charge in [-0.05, 0) is 31.2 Å². The Labute approximate surface area is 98.1 Å². The van der Waals surface area contributed by atoms with Crippen LogP contribution in [0.5, 0.6) is 0 Å². The summed E-state index contributed by atoms with van der Waals surface area (Å²) in [5.74, 6) is 1.28. The Bertz CT molecular complexity index is 166. The molecular formula is C12H25NO3. The molecule has 3 N–H and O–H groups in total. The van der Waals surface area contributed by atoms with E-state index in [1.165, 1.54) is 25.7 Å². The highest BCUT2D eigenvalue weighted by atomic mass is 16.5. The van der Waals surface area contributed by atoms with Gasteiger partial charge in [0.2, 0.25) is 0 Å². The molecule has 4 nitrogen and oxygen atoms in total. The molecule has 0 amide bonds. The van der Waals surface area contributed by atoms with Gasteiger partial charge in [-0.15, -0.1) is 0 Å². The van der Waals surface area contributed by atoms with E-state index in [0.717, 1.165) is 13.2 Å². The Morgan fingerprint density at radius 3 is 2.38 bits per heavy atom. The third-order valence-corrected chi connectivity index (χ3v) is 3.31. The van der Waals surface area contributed by atoms with Crippen LogP contribution in [-0.2, 0) is 9.47 Å². The van der Waals surface area contributed by atoms with Crippen LogP contribution in [0.1, 0.15) is 25.7 Å². The highest BCUT2D eigenvalue weighted by Crippen LogP contribution is 2.29. The summed E-state index contributed by atoms with van der Waals surface area (Å²) in [6, 6.07) is 0. The van der Waals surface area contributed by atoms with Crippen LogP contribution in [0.2, 0.25) is 0 Å². The molecule has 1 aliphatic rings. The molecule has 1 rings (SSSR count). The summed E-state index contributed by atoms with van der Waals surface area (Å²) < 4.78 is 10.7. The second-order valence-electron chi connectivity index (χ2n) is 4.45. The first kappa shape index (κ1) is 13.9. The van der Waals surface area contributed by atoms with Crippen molar-refractivity contribution in [3.63, 3.8) is 0 Å². The largest absolute Gasteiger partial charge is 0.394 e. The molecule has 4 heteroatoms. The summed E-state index contributed by atoms with van der Waals surface area (Å²) >= 11 is 0. The third kappa shape index (κ3) is 5.25. The minimum Gasteiger partial charge on any atom is -0.394 e. The van der Waals surface area contributed by atoms with Gasteiger partial charge in [-0.3, -0.25) is 0 Å². The number of ether oxygens (including phenoxy) is 2. The summed E-state index contributed by atoms with van der Waals surface area (Å²) in [7, 11) is 0. The quantitative estimate of drug-likeness (QED) is 0.606. The molecule has 0 aliphatic heterocycles. The molecule has 0 saturated heterocycles. The smallest absolute Gasteiger partial charge is 0.0701 e. The minimum atomic E-state index is 0.0812. The molecule has 0 heterocycles. The summed E-state index contributed by atoms with van der Waals surface area (Å²) in [6.45, 7) is 3.27. The molecule has 0 aromatic carbocycles. The Balaban J connectivity index is 2.02. The van der Waals surface area contributed by atoms with E-state index in [0.29, 0.717) is 31.7 Å². The average molecular weight is 231 g/mol. The summed E-state index contributed by atoms with van der Waals surface area (Å²) in [4.78, 5) is 0. The summed E-state index contributed by atoms with van der Waals surface area (Å²) in [5.41, 5.74) is 5.76. The number of aliphatic hydroxyl groups is 1. The zero-order chi connectivity index (χ0) is 11.6. The molecule has 1 aliphatic carbocycles. The van der Waals surface area contributed by atoms with Gasteiger partial charge in [0, 0.05) is 6.61 Å². The number of hydrogen-bond acceptors (Lipinski definition) is 4. The van der Waals surface area contributed by atoms with Crippen LogP contribution < -0.4 is 5.73 Å². The van der Waals surface area contributed by atoms with Crippen LogP contribution in [0, 0.1) is 11.8 Å². The van der Waals surface area contributed by atoms with Gasteiger partial charge in [0.15, 0.2) is 0 Å². The first-order valence-corrected chi connectivity index (χ1v) is 6.35. The fourth-order valence-corrected chi connectivity index (χ4v) is 2.33. The number of nitrogens with two attached hydrogens (primary N) is 1. The second kappa shape index (κ2) is 8.93. The Morgan fingerprint density at radius 2 is 1.69 bits per heavy atom. The van der Waals surface area contributed by atoms with E-state index in [-0.39, 0.29) is 6.61 Å². The predicted molar refractivity (Wildman–Crippen MR) is 63.2 cm³/mol. The zero-order valence-electron chi connectivity index (χ0n) is 10.1. The van der Waals surface area contributed by atoms with Gasteiger partial charge in [0.25, 0.3) is 0 Å². The maximum atomic E-state index is 8.51. The van der Waals surface area contributed by atoms with Crippen molar-refractivity contribution in [1.82, 2.24) is 0 Å². The van der Waals surface area contributed by atoms with Crippen LogP contribution in [0.4, 0.5) is 0 Å². The normalized spacial score (nSPS) is 25.9. The van der Waals surface area contributed by atoms with Crippen molar-refractivity contribution in [2.24, 2.45) is 17.6 Å². The van der Waals surface area contributed by atoms with Crippen molar-refractivity contribution in [2.75, 3.05) is 39.6 Å². The van der Waals surface area contributed by atoms with Crippen LogP contribution >= 0.6 is 0 Å². The van der Waals surface area contributed by atoms with Gasteiger partial charge in [-0.2, -0.15) is 0 Å². The second-order valence-corrected chi connectivity index (χ2v) is 4.45. The highest BCUT2D eigenvalue weighted by Gasteiger charge is 2.23. The van der Waals surface area contributed by atoms with Gasteiger partial charge in [-0.25, -0.2) is 0 Å². The molecular weight excluding hydrogens is 206 g/mol. The van der Waals surface area contributed by atoms with E-state index in [1.807, 2.05) is 0 Å². The molecule has 0 aromatic rings. The Hall–Kier alpha value is -0.160. The van der Waals surface area contributed by atoms with Crippen molar-refractivity contribution >= 4 is 0 Å². The van der Waals surface area contributed by atoms with E-state index in [1.54, 1.807) is 0 Å². The van der Waals surface area contributed by atoms with Crippen LogP contribution in [0.3, 0.4) is 0 Å². The lowest BCUT2D eigenvalue weighted by Crippen LogP contribution is -2.30. The molecule has 2 unspecified atom stereocenters. The van der Waals surface area contributed by atoms with E-state index >= 15 is 0 Å². The maximum absolute atomic E-state index is 8.51. The van der Waals surface area contributed by atoms with Crippen molar-refractivity contribution in [3.05, 3.63) is 0 Å². The monoisotopic (exact) mass is 231 g/mol. The fourth-order valence-electron chi connectivity index (χ4n) is 2.33. The number of rotatable bonds is 8. The third-order valence-electron chi connectivity index (χ3n) is 3.31. The fraction of sp³-hybridized carbons (Fsp3) is 1.00. The molecule has 16 heavy (non-hydrogen) atoms. The lowest BCUT2D eigenvalue weighted by Gasteiger charge is -2.30. The molecule has 0 radical (unpaired) electrons. The molecule has 0 spiro atoms. The molecule has 96 valence electrons. The van der Waals surface area contributed by atoms with Gasteiger partial charge in [-0.1, -0.05) is 12.8 Å². The zero-order valence-corrected chi connectivity index (χ0v) is 10.1. The van der Waals surface area contributed by atoms with E-state index < -0.39 is 0 Å². The minimum absolute atomic E-state index is 0.0812. The van der Waals surface area contributed by atoms with Crippen molar-refractivity contribution in [2.45, 2.75) is 25.7 Å². The van der Waals surface area contributed by atoms with Gasteiger partial charge < -0.3 is 20.3 Å². The molecule has 2 atom stereocenters. The van der Waals surface area contributed by atoms with Crippen molar-refractivity contribution in [1.29, 1.82) is 0 Å². The topological polar surface area (TPSA) is 64.7 Å². The summed E-state index contributed by atoms with van der Waals surface area (Å²) in [6.07, 6.45) is 5.13. The van der Waals surface area contributed by atoms with Crippen molar-refractivity contribution in [3.8, 4) is 0 Å². The molecule has 0 aromatic heterocycles. The first-order chi connectivity index (χ1) is 7.88. The van der Waals surface area contributed by atoms with Crippen LogP contribution in [0.15, 0.2) is 0 Å². The standard InChI is InChI=1S/C12H25NO3/c13-9-11-3-1-2-4-12(11)10-16-8-7-15-6-5-14/h11-12,14H,1-10,13H2. The molecule has 1 fully saturated rings. The Morgan fingerprint density at radius 1 is 1.00 bits per heavy atom. The van der Waals surface area contributed by atoms with Crippen molar-refractivity contribution < 1.29 is 14.6 Å². The lowest BCUT2D eigenvalue weighted by atomic mass is 9.80. The SMILES string of the molecule is NCC1CCCCC1COCCOCCO. The van der Waals surface area contributed by atoms with E-state index in [4.69, 9.17) is 20.3 Å². The molecule has 0 bridgehead atoms. The average Bonchev–Trinajstić information content (AvgIpc) is 2.34.